The van der Waals surface area contributed by atoms with Crippen molar-refractivity contribution in [1.29, 1.82) is 0 Å². The zero-order chi connectivity index (χ0) is 26.3. The van der Waals surface area contributed by atoms with Crippen LogP contribution in [0, 0.1) is 13.8 Å². The average molecular weight is 513 g/mol. The van der Waals surface area contributed by atoms with Gasteiger partial charge in [0.15, 0.2) is 5.82 Å². The number of anilines is 4. The second-order valence-corrected chi connectivity index (χ2v) is 9.25. The first-order valence-electron chi connectivity index (χ1n) is 12.7. The van der Waals surface area contributed by atoms with Crippen molar-refractivity contribution in [2.45, 2.75) is 13.8 Å². The zero-order valence-electron chi connectivity index (χ0n) is 21.6. The molecule has 1 aliphatic rings. The van der Waals surface area contributed by atoms with Crippen LogP contribution in [0.15, 0.2) is 67.1 Å². The SMILES string of the molecule is Cc1cccc(C(=O)Nc2ccc(C)c(Nc3ccnn3-c3cc(NCCN4CCOCC4)ncn3)c2)c1. The van der Waals surface area contributed by atoms with Gasteiger partial charge in [-0.1, -0.05) is 23.8 Å². The van der Waals surface area contributed by atoms with Gasteiger partial charge in [-0.05, 0) is 43.7 Å². The maximum Gasteiger partial charge on any atom is 0.255 e. The molecule has 196 valence electrons. The number of nitrogens with zero attached hydrogens (tertiary/aromatic N) is 5. The van der Waals surface area contributed by atoms with Crippen LogP contribution in [-0.4, -0.2) is 69.9 Å². The summed E-state index contributed by atoms with van der Waals surface area (Å²) in [6.07, 6.45) is 3.25. The third kappa shape index (κ3) is 6.34. The molecule has 1 amide bonds. The van der Waals surface area contributed by atoms with Gasteiger partial charge in [0.1, 0.15) is 18.0 Å². The summed E-state index contributed by atoms with van der Waals surface area (Å²) in [5.41, 5.74) is 4.24. The quantitative estimate of drug-likeness (QED) is 0.309. The summed E-state index contributed by atoms with van der Waals surface area (Å²) >= 11 is 0. The van der Waals surface area contributed by atoms with Crippen molar-refractivity contribution in [2.24, 2.45) is 0 Å². The van der Waals surface area contributed by atoms with E-state index in [1.165, 1.54) is 6.33 Å². The summed E-state index contributed by atoms with van der Waals surface area (Å²) in [6, 6.07) is 17.1. The van der Waals surface area contributed by atoms with E-state index in [0.717, 1.165) is 67.8 Å². The van der Waals surface area contributed by atoms with Gasteiger partial charge in [0.25, 0.3) is 5.91 Å². The molecule has 0 spiro atoms. The molecule has 10 nitrogen and oxygen atoms in total. The van der Waals surface area contributed by atoms with Crippen molar-refractivity contribution in [3.63, 3.8) is 0 Å². The Labute approximate surface area is 222 Å². The van der Waals surface area contributed by atoms with E-state index in [-0.39, 0.29) is 5.91 Å². The van der Waals surface area contributed by atoms with E-state index in [0.29, 0.717) is 17.1 Å². The van der Waals surface area contributed by atoms with Crippen LogP contribution in [0.1, 0.15) is 21.5 Å². The van der Waals surface area contributed by atoms with Gasteiger partial charge in [0.2, 0.25) is 0 Å². The number of nitrogens with one attached hydrogen (secondary N) is 3. The van der Waals surface area contributed by atoms with Crippen molar-refractivity contribution in [3.8, 4) is 5.82 Å². The molecule has 3 N–H and O–H groups in total. The largest absolute Gasteiger partial charge is 0.379 e. The Balaban J connectivity index is 1.27. The molecule has 1 aliphatic heterocycles. The average Bonchev–Trinajstić information content (AvgIpc) is 3.39. The highest BCUT2D eigenvalue weighted by atomic mass is 16.5. The minimum absolute atomic E-state index is 0.150. The molecular weight excluding hydrogens is 480 g/mol. The van der Waals surface area contributed by atoms with Crippen molar-refractivity contribution >= 4 is 28.9 Å². The van der Waals surface area contributed by atoms with Crippen molar-refractivity contribution < 1.29 is 9.53 Å². The first-order chi connectivity index (χ1) is 18.5. The first-order valence-corrected chi connectivity index (χ1v) is 12.7. The number of aromatic nitrogens is 4. The molecular formula is C28H32N8O2. The van der Waals surface area contributed by atoms with Crippen LogP contribution in [0.5, 0.6) is 0 Å². The summed E-state index contributed by atoms with van der Waals surface area (Å²) < 4.78 is 7.14. The lowest BCUT2D eigenvalue weighted by atomic mass is 10.1. The molecule has 2 aromatic heterocycles. The number of hydrogen-bond donors (Lipinski definition) is 3. The predicted molar refractivity (Wildman–Crippen MR) is 148 cm³/mol. The van der Waals surface area contributed by atoms with Crippen LogP contribution in [-0.2, 0) is 4.74 Å². The number of hydrogen-bond acceptors (Lipinski definition) is 8. The predicted octanol–water partition coefficient (Wildman–Crippen LogP) is 4.02. The number of amides is 1. The molecule has 3 heterocycles. The molecule has 2 aromatic carbocycles. The summed E-state index contributed by atoms with van der Waals surface area (Å²) in [5, 5.41) is 14.3. The normalized spacial score (nSPS) is 13.7. The Morgan fingerprint density at radius 2 is 1.89 bits per heavy atom. The van der Waals surface area contributed by atoms with Crippen LogP contribution < -0.4 is 16.0 Å². The fourth-order valence-electron chi connectivity index (χ4n) is 4.27. The molecule has 0 saturated carbocycles. The lowest BCUT2D eigenvalue weighted by Crippen LogP contribution is -2.39. The number of morpholine rings is 1. The highest BCUT2D eigenvalue weighted by Gasteiger charge is 2.13. The number of carbonyl (C=O) groups is 1. The maximum atomic E-state index is 12.7. The Bertz CT molecular complexity index is 1400. The number of rotatable bonds is 9. The van der Waals surface area contributed by atoms with E-state index in [1.807, 2.05) is 68.4 Å². The highest BCUT2D eigenvalue weighted by Crippen LogP contribution is 2.26. The Kier molecular flexibility index (Phi) is 7.91. The smallest absolute Gasteiger partial charge is 0.255 e. The fourth-order valence-corrected chi connectivity index (χ4v) is 4.27. The van der Waals surface area contributed by atoms with Gasteiger partial charge in [-0.3, -0.25) is 9.69 Å². The Hall–Kier alpha value is -4.28. The van der Waals surface area contributed by atoms with Crippen LogP contribution in [0.25, 0.3) is 5.82 Å². The monoisotopic (exact) mass is 512 g/mol. The molecule has 0 aliphatic carbocycles. The number of benzene rings is 2. The van der Waals surface area contributed by atoms with Gasteiger partial charge in [-0.15, -0.1) is 0 Å². The third-order valence-corrected chi connectivity index (χ3v) is 6.39. The molecule has 10 heteroatoms. The molecule has 1 saturated heterocycles. The van der Waals surface area contributed by atoms with Gasteiger partial charge in [0.05, 0.1) is 19.4 Å². The molecule has 0 unspecified atom stereocenters. The standard InChI is InChI=1S/C28H32N8O2/c1-20-4-3-5-22(16-20)28(37)33-23-7-6-21(2)24(17-23)34-26-8-9-32-36(26)27-18-25(30-19-31-27)29-10-11-35-12-14-38-15-13-35/h3-9,16-19,34H,10-15H2,1-2H3,(H,33,37)(H,29,30,31). The van der Waals surface area contributed by atoms with Gasteiger partial charge in [0, 0.05) is 55.2 Å². The zero-order valence-corrected chi connectivity index (χ0v) is 21.6. The number of carbonyl (C=O) groups excluding carboxylic acids is 1. The van der Waals surface area contributed by atoms with Crippen LogP contribution >= 0.6 is 0 Å². The molecule has 0 bridgehead atoms. The summed E-state index contributed by atoms with van der Waals surface area (Å²) in [5.74, 6) is 1.97. The van der Waals surface area contributed by atoms with Crippen molar-refractivity contribution in [3.05, 3.63) is 83.8 Å². The van der Waals surface area contributed by atoms with E-state index >= 15 is 0 Å². The summed E-state index contributed by atoms with van der Waals surface area (Å²) in [7, 11) is 0. The third-order valence-electron chi connectivity index (χ3n) is 6.39. The Morgan fingerprint density at radius 1 is 1.03 bits per heavy atom. The second-order valence-electron chi connectivity index (χ2n) is 9.25. The number of ether oxygens (including phenoxy) is 1. The molecule has 0 atom stereocenters. The number of aryl methyl sites for hydroxylation is 2. The first kappa shape index (κ1) is 25.4. The fraction of sp³-hybridized carbons (Fsp3) is 0.286. The minimum atomic E-state index is -0.150. The minimum Gasteiger partial charge on any atom is -0.379 e. The molecule has 0 radical (unpaired) electrons. The van der Waals surface area contributed by atoms with Crippen LogP contribution in [0.4, 0.5) is 23.0 Å². The van der Waals surface area contributed by atoms with Crippen molar-refractivity contribution in [1.82, 2.24) is 24.6 Å². The lowest BCUT2D eigenvalue weighted by Gasteiger charge is -2.26. The van der Waals surface area contributed by atoms with E-state index < -0.39 is 0 Å². The van der Waals surface area contributed by atoms with Crippen molar-refractivity contribution in [2.75, 3.05) is 55.3 Å². The molecule has 1 fully saturated rings. The van der Waals surface area contributed by atoms with Gasteiger partial charge in [-0.25, -0.2) is 9.97 Å². The summed E-state index contributed by atoms with van der Waals surface area (Å²) in [4.78, 5) is 23.9. The van der Waals surface area contributed by atoms with Crippen LogP contribution in [0.2, 0.25) is 0 Å². The lowest BCUT2D eigenvalue weighted by molar-refractivity contribution is 0.0398. The van der Waals surface area contributed by atoms with Gasteiger partial charge >= 0.3 is 0 Å². The maximum absolute atomic E-state index is 12.7. The molecule has 4 aromatic rings. The van der Waals surface area contributed by atoms with E-state index in [9.17, 15) is 4.79 Å². The van der Waals surface area contributed by atoms with E-state index in [4.69, 9.17) is 4.74 Å². The van der Waals surface area contributed by atoms with Crippen LogP contribution in [0.3, 0.4) is 0 Å². The van der Waals surface area contributed by atoms with Gasteiger partial charge in [-0.2, -0.15) is 9.78 Å². The molecule has 5 rings (SSSR count). The van der Waals surface area contributed by atoms with Gasteiger partial charge < -0.3 is 20.7 Å². The van der Waals surface area contributed by atoms with E-state index in [2.05, 4.69) is 35.9 Å². The second kappa shape index (κ2) is 11.8. The Morgan fingerprint density at radius 3 is 2.74 bits per heavy atom. The summed E-state index contributed by atoms with van der Waals surface area (Å²) in [6.45, 7) is 9.16. The van der Waals surface area contributed by atoms with E-state index in [1.54, 1.807) is 10.9 Å². The highest BCUT2D eigenvalue weighted by molar-refractivity contribution is 6.04. The molecule has 38 heavy (non-hydrogen) atoms. The topological polar surface area (TPSA) is 109 Å².